The third-order valence-electron chi connectivity index (χ3n) is 11.6. The maximum absolute atomic E-state index is 2.38. The molecular weight excluding hydrogens is 687 g/mol. The van der Waals surface area contributed by atoms with Crippen molar-refractivity contribution in [3.63, 3.8) is 0 Å². The molecule has 11 aromatic carbocycles. The van der Waals surface area contributed by atoms with Gasteiger partial charge < -0.3 is 4.90 Å². The molecule has 1 heteroatoms. The van der Waals surface area contributed by atoms with Gasteiger partial charge in [0.1, 0.15) is 0 Å². The zero-order valence-electron chi connectivity index (χ0n) is 31.3. The molecule has 0 aromatic heterocycles. The molecule has 0 atom stereocenters. The summed E-state index contributed by atoms with van der Waals surface area (Å²) in [6.07, 6.45) is 0. The summed E-state index contributed by atoms with van der Waals surface area (Å²) in [6.45, 7) is 0. The molecule has 266 valence electrons. The van der Waals surface area contributed by atoms with Crippen molar-refractivity contribution in [1.82, 2.24) is 0 Å². The highest BCUT2D eigenvalue weighted by atomic mass is 15.1. The Morgan fingerprint density at radius 2 is 0.684 bits per heavy atom. The fourth-order valence-electron chi connectivity index (χ4n) is 8.72. The van der Waals surface area contributed by atoms with E-state index >= 15 is 0 Å². The number of rotatable bonds is 6. The third-order valence-corrected chi connectivity index (χ3v) is 11.6. The maximum Gasteiger partial charge on any atom is 0.0467 e. The quantitative estimate of drug-likeness (QED) is 0.154. The molecule has 0 aliphatic carbocycles. The van der Waals surface area contributed by atoms with Crippen LogP contribution in [0.4, 0.5) is 17.1 Å². The van der Waals surface area contributed by atoms with Crippen LogP contribution in [0.2, 0.25) is 0 Å². The monoisotopic (exact) mass is 723 g/mol. The molecule has 0 saturated heterocycles. The largest absolute Gasteiger partial charge is 0.310 e. The van der Waals surface area contributed by atoms with Crippen LogP contribution in [0.25, 0.3) is 87.2 Å². The zero-order chi connectivity index (χ0) is 37.7. The van der Waals surface area contributed by atoms with Gasteiger partial charge in [-0.2, -0.15) is 0 Å². The SMILES string of the molecule is c1cc(-c2cccc3c2ccc2ccccc23)cc(N(c2ccc(-c3ccc4ccccc4c3)cc2)c2ccc(-c3ccc4c(ccc5ccccc54)c3)cc2)c1. The number of hydrogen-bond donors (Lipinski definition) is 0. The molecular formula is C56H37N. The summed E-state index contributed by atoms with van der Waals surface area (Å²) in [7, 11) is 0. The number of anilines is 3. The van der Waals surface area contributed by atoms with E-state index in [1.54, 1.807) is 0 Å². The fraction of sp³-hybridized carbons (Fsp3) is 0. The Morgan fingerprint density at radius 3 is 1.40 bits per heavy atom. The van der Waals surface area contributed by atoms with Crippen molar-refractivity contribution in [1.29, 1.82) is 0 Å². The van der Waals surface area contributed by atoms with Crippen molar-refractivity contribution in [2.24, 2.45) is 0 Å². The highest BCUT2D eigenvalue weighted by Gasteiger charge is 2.16. The fourth-order valence-corrected chi connectivity index (χ4v) is 8.72. The summed E-state index contributed by atoms with van der Waals surface area (Å²) in [5.41, 5.74) is 10.5. The summed E-state index contributed by atoms with van der Waals surface area (Å²) in [5, 5.41) is 12.7. The van der Waals surface area contributed by atoms with Crippen molar-refractivity contribution in [2.75, 3.05) is 4.90 Å². The van der Waals surface area contributed by atoms with Crippen LogP contribution in [0, 0.1) is 0 Å². The topological polar surface area (TPSA) is 3.24 Å². The van der Waals surface area contributed by atoms with Gasteiger partial charge in [-0.25, -0.2) is 0 Å². The molecule has 0 bridgehead atoms. The summed E-state index contributed by atoms with van der Waals surface area (Å²) in [4.78, 5) is 2.38. The molecule has 11 rings (SSSR count). The van der Waals surface area contributed by atoms with E-state index in [4.69, 9.17) is 0 Å². The van der Waals surface area contributed by atoms with Gasteiger partial charge in [0.15, 0.2) is 0 Å². The molecule has 0 fully saturated rings. The van der Waals surface area contributed by atoms with Crippen molar-refractivity contribution < 1.29 is 0 Å². The molecule has 11 aromatic rings. The van der Waals surface area contributed by atoms with E-state index in [0.717, 1.165) is 17.1 Å². The molecule has 0 saturated carbocycles. The van der Waals surface area contributed by atoms with Crippen LogP contribution in [0.15, 0.2) is 224 Å². The zero-order valence-corrected chi connectivity index (χ0v) is 31.3. The molecule has 0 unspecified atom stereocenters. The Morgan fingerprint density at radius 1 is 0.211 bits per heavy atom. The minimum absolute atomic E-state index is 1.10. The Hall–Kier alpha value is -7.48. The van der Waals surface area contributed by atoms with E-state index in [0.29, 0.717) is 0 Å². The van der Waals surface area contributed by atoms with Gasteiger partial charge in [0.2, 0.25) is 0 Å². The Bertz CT molecular complexity index is 3280. The molecule has 0 radical (unpaired) electrons. The van der Waals surface area contributed by atoms with E-state index in [-0.39, 0.29) is 0 Å². The van der Waals surface area contributed by atoms with E-state index in [1.807, 2.05) is 0 Å². The minimum Gasteiger partial charge on any atom is -0.310 e. The van der Waals surface area contributed by atoms with Gasteiger partial charge in [-0.3, -0.25) is 0 Å². The number of nitrogens with zero attached hydrogens (tertiary/aromatic N) is 1. The summed E-state index contributed by atoms with van der Waals surface area (Å²) < 4.78 is 0. The second kappa shape index (κ2) is 13.7. The van der Waals surface area contributed by atoms with Crippen LogP contribution in [0.3, 0.4) is 0 Å². The first-order valence-electron chi connectivity index (χ1n) is 19.7. The lowest BCUT2D eigenvalue weighted by molar-refractivity contribution is 1.28. The molecule has 0 aliphatic heterocycles. The average molecular weight is 724 g/mol. The second-order valence-corrected chi connectivity index (χ2v) is 15.0. The van der Waals surface area contributed by atoms with Gasteiger partial charge in [-0.05, 0) is 136 Å². The number of benzene rings is 11. The Labute approximate surface area is 332 Å². The van der Waals surface area contributed by atoms with Gasteiger partial charge >= 0.3 is 0 Å². The van der Waals surface area contributed by atoms with Gasteiger partial charge in [0.25, 0.3) is 0 Å². The molecule has 0 spiro atoms. The predicted molar refractivity (Wildman–Crippen MR) is 245 cm³/mol. The first kappa shape index (κ1) is 32.9. The van der Waals surface area contributed by atoms with Crippen LogP contribution in [0.1, 0.15) is 0 Å². The molecule has 0 heterocycles. The van der Waals surface area contributed by atoms with E-state index < -0.39 is 0 Å². The van der Waals surface area contributed by atoms with E-state index in [9.17, 15) is 0 Å². The lowest BCUT2D eigenvalue weighted by atomic mass is 9.94. The van der Waals surface area contributed by atoms with E-state index in [1.165, 1.54) is 87.2 Å². The predicted octanol–water partition coefficient (Wildman–Crippen LogP) is 15.9. The third kappa shape index (κ3) is 5.89. The smallest absolute Gasteiger partial charge is 0.0467 e. The number of fused-ring (bicyclic) bond motifs is 7. The van der Waals surface area contributed by atoms with Crippen molar-refractivity contribution in [3.8, 4) is 33.4 Å². The molecule has 0 aliphatic rings. The summed E-state index contributed by atoms with van der Waals surface area (Å²) in [6, 6.07) is 82.1. The molecule has 57 heavy (non-hydrogen) atoms. The first-order chi connectivity index (χ1) is 28.2. The van der Waals surface area contributed by atoms with Crippen LogP contribution in [0.5, 0.6) is 0 Å². The van der Waals surface area contributed by atoms with Gasteiger partial charge in [-0.1, -0.05) is 176 Å². The highest BCUT2D eigenvalue weighted by Crippen LogP contribution is 2.41. The van der Waals surface area contributed by atoms with Gasteiger partial charge in [0.05, 0.1) is 0 Å². The first-order valence-corrected chi connectivity index (χ1v) is 19.7. The van der Waals surface area contributed by atoms with Crippen molar-refractivity contribution in [3.05, 3.63) is 224 Å². The minimum atomic E-state index is 1.10. The van der Waals surface area contributed by atoms with Crippen LogP contribution in [-0.2, 0) is 0 Å². The normalized spacial score (nSPS) is 11.5. The Balaban J connectivity index is 1.01. The Kier molecular flexibility index (Phi) is 7.89. The molecule has 0 amide bonds. The van der Waals surface area contributed by atoms with Gasteiger partial charge in [0, 0.05) is 17.1 Å². The molecule has 0 N–H and O–H groups in total. The van der Waals surface area contributed by atoms with Crippen molar-refractivity contribution in [2.45, 2.75) is 0 Å². The summed E-state index contributed by atoms with van der Waals surface area (Å²) >= 11 is 0. The number of hydrogen-bond acceptors (Lipinski definition) is 1. The van der Waals surface area contributed by atoms with Crippen LogP contribution >= 0.6 is 0 Å². The average Bonchev–Trinajstić information content (AvgIpc) is 3.29. The van der Waals surface area contributed by atoms with Crippen LogP contribution < -0.4 is 4.90 Å². The van der Waals surface area contributed by atoms with E-state index in [2.05, 4.69) is 229 Å². The summed E-state index contributed by atoms with van der Waals surface area (Å²) in [5.74, 6) is 0. The lowest BCUT2D eigenvalue weighted by Crippen LogP contribution is -2.10. The molecule has 1 nitrogen and oxygen atoms in total. The van der Waals surface area contributed by atoms with Gasteiger partial charge in [-0.15, -0.1) is 0 Å². The highest BCUT2D eigenvalue weighted by molar-refractivity contribution is 6.12. The standard InChI is InChI=1S/C56H37N/c1-2-12-43-35-44(21-19-38(43)9-1)39-23-29-48(30-24-39)57(49-31-25-40(26-32-49)45-28-33-54-47(36-45)22-20-41-10-3-5-15-51(41)54)50-14-7-13-46(37-50)53-17-8-18-55-52-16-6-4-11-42(52)27-34-56(53)55/h1-37H. The van der Waals surface area contributed by atoms with Crippen LogP contribution in [-0.4, -0.2) is 0 Å². The second-order valence-electron chi connectivity index (χ2n) is 15.0. The maximum atomic E-state index is 2.38. The lowest BCUT2D eigenvalue weighted by Gasteiger charge is -2.26. The van der Waals surface area contributed by atoms with Crippen molar-refractivity contribution >= 4 is 70.9 Å².